The first-order chi connectivity index (χ1) is 6.77. The molecule has 1 atom stereocenters. The monoisotopic (exact) mass is 194 g/mol. The number of carboxylic acid groups (broad SMARTS) is 1. The zero-order valence-electron chi connectivity index (χ0n) is 7.51. The number of carbonyl (C=O) groups is 1. The molecule has 1 aliphatic heterocycles. The summed E-state index contributed by atoms with van der Waals surface area (Å²) >= 11 is 0. The van der Waals surface area contributed by atoms with Gasteiger partial charge >= 0.3 is 5.97 Å². The molecule has 0 aromatic carbocycles. The number of aromatic carboxylic acids is 1. The Labute approximate surface area is 80.8 Å². The molecule has 0 aliphatic carbocycles. The van der Waals surface area contributed by atoms with Crippen LogP contribution in [0.2, 0.25) is 0 Å². The van der Waals surface area contributed by atoms with Crippen LogP contribution in [0.5, 0.6) is 0 Å². The predicted octanol–water partition coefficient (Wildman–Crippen LogP) is 1.03. The Morgan fingerprint density at radius 2 is 2.43 bits per heavy atom. The maximum Gasteiger partial charge on any atom is 0.354 e. The minimum absolute atomic E-state index is 0.0190. The standard InChI is InChI=1S/C9H10N2O3/c12-9(13)7-4-6(10-5-11-7)8-2-1-3-14-8/h4-5,8H,1-3H2,(H,12,13)/t8-/m0/s1. The first-order valence-electron chi connectivity index (χ1n) is 4.44. The van der Waals surface area contributed by atoms with Crippen LogP contribution in [0, 0.1) is 0 Å². The zero-order valence-corrected chi connectivity index (χ0v) is 7.51. The summed E-state index contributed by atoms with van der Waals surface area (Å²) in [5, 5.41) is 8.72. The Morgan fingerprint density at radius 1 is 1.57 bits per heavy atom. The first kappa shape index (κ1) is 9.08. The fourth-order valence-corrected chi connectivity index (χ4v) is 1.48. The van der Waals surface area contributed by atoms with Crippen molar-refractivity contribution in [1.29, 1.82) is 0 Å². The lowest BCUT2D eigenvalue weighted by Crippen LogP contribution is -2.05. The van der Waals surface area contributed by atoms with Gasteiger partial charge in [-0.2, -0.15) is 0 Å². The first-order valence-corrected chi connectivity index (χ1v) is 4.44. The van der Waals surface area contributed by atoms with E-state index in [1.165, 1.54) is 12.4 Å². The average molecular weight is 194 g/mol. The number of rotatable bonds is 2. The fourth-order valence-electron chi connectivity index (χ4n) is 1.48. The molecule has 2 rings (SSSR count). The van der Waals surface area contributed by atoms with Crippen LogP contribution in [0.15, 0.2) is 12.4 Å². The number of hydrogen-bond acceptors (Lipinski definition) is 4. The summed E-state index contributed by atoms with van der Waals surface area (Å²) in [6.07, 6.45) is 3.10. The van der Waals surface area contributed by atoms with Crippen molar-refractivity contribution in [3.63, 3.8) is 0 Å². The topological polar surface area (TPSA) is 72.3 Å². The van der Waals surface area contributed by atoms with E-state index in [9.17, 15) is 4.79 Å². The van der Waals surface area contributed by atoms with Gasteiger partial charge < -0.3 is 9.84 Å². The van der Waals surface area contributed by atoms with Crippen molar-refractivity contribution in [1.82, 2.24) is 9.97 Å². The van der Waals surface area contributed by atoms with Gasteiger partial charge in [-0.25, -0.2) is 14.8 Å². The Balaban J connectivity index is 2.25. The van der Waals surface area contributed by atoms with Crippen molar-refractivity contribution in [3.05, 3.63) is 23.8 Å². The van der Waals surface area contributed by atoms with Gasteiger partial charge in [0.15, 0.2) is 5.69 Å². The van der Waals surface area contributed by atoms with E-state index in [-0.39, 0.29) is 11.8 Å². The van der Waals surface area contributed by atoms with Gasteiger partial charge in [-0.15, -0.1) is 0 Å². The van der Waals surface area contributed by atoms with Gasteiger partial charge in [0.25, 0.3) is 0 Å². The number of carboxylic acids is 1. The Kier molecular flexibility index (Phi) is 2.41. The molecule has 1 N–H and O–H groups in total. The van der Waals surface area contributed by atoms with Gasteiger partial charge in [0, 0.05) is 6.61 Å². The lowest BCUT2D eigenvalue weighted by atomic mass is 10.1. The Hall–Kier alpha value is -1.49. The van der Waals surface area contributed by atoms with E-state index < -0.39 is 5.97 Å². The molecule has 2 heterocycles. The minimum atomic E-state index is -1.04. The largest absolute Gasteiger partial charge is 0.477 e. The van der Waals surface area contributed by atoms with Gasteiger partial charge in [0.2, 0.25) is 0 Å². The maximum atomic E-state index is 10.6. The third-order valence-electron chi connectivity index (χ3n) is 2.17. The van der Waals surface area contributed by atoms with Crippen LogP contribution in [0.25, 0.3) is 0 Å². The molecule has 0 radical (unpaired) electrons. The van der Waals surface area contributed by atoms with Crippen molar-refractivity contribution in [2.24, 2.45) is 0 Å². The Bertz CT molecular complexity index is 348. The molecule has 0 spiro atoms. The average Bonchev–Trinajstić information content (AvgIpc) is 2.71. The third kappa shape index (κ3) is 1.72. The van der Waals surface area contributed by atoms with E-state index in [0.717, 1.165) is 19.4 Å². The summed E-state index contributed by atoms with van der Waals surface area (Å²) in [5.41, 5.74) is 0.681. The van der Waals surface area contributed by atoms with E-state index in [1.807, 2.05) is 0 Å². The predicted molar refractivity (Wildman–Crippen MR) is 46.9 cm³/mol. The van der Waals surface area contributed by atoms with Gasteiger partial charge in [0.1, 0.15) is 6.33 Å². The van der Waals surface area contributed by atoms with Crippen molar-refractivity contribution >= 4 is 5.97 Å². The summed E-state index contributed by atoms with van der Waals surface area (Å²) in [6.45, 7) is 0.719. The highest BCUT2D eigenvalue weighted by Gasteiger charge is 2.20. The lowest BCUT2D eigenvalue weighted by molar-refractivity contribution is 0.0689. The van der Waals surface area contributed by atoms with Crippen molar-refractivity contribution in [2.45, 2.75) is 18.9 Å². The van der Waals surface area contributed by atoms with Gasteiger partial charge in [-0.1, -0.05) is 0 Å². The van der Waals surface area contributed by atoms with Crippen molar-refractivity contribution in [3.8, 4) is 0 Å². The Morgan fingerprint density at radius 3 is 3.07 bits per heavy atom. The zero-order chi connectivity index (χ0) is 9.97. The summed E-state index contributed by atoms with van der Waals surface area (Å²) in [6, 6.07) is 1.47. The molecule has 0 amide bonds. The normalized spacial score (nSPS) is 21.0. The molecule has 0 unspecified atom stereocenters. The second-order valence-electron chi connectivity index (χ2n) is 3.13. The van der Waals surface area contributed by atoms with Gasteiger partial charge in [-0.3, -0.25) is 0 Å². The number of nitrogens with zero attached hydrogens (tertiary/aromatic N) is 2. The highest BCUT2D eigenvalue weighted by atomic mass is 16.5. The highest BCUT2D eigenvalue weighted by Crippen LogP contribution is 2.26. The van der Waals surface area contributed by atoms with Crippen LogP contribution in [0.1, 0.15) is 35.1 Å². The SMILES string of the molecule is O=C(O)c1cc([C@@H]2CCCO2)ncn1. The summed E-state index contributed by atoms with van der Waals surface area (Å²) < 4.78 is 5.39. The van der Waals surface area contributed by atoms with Gasteiger partial charge in [-0.05, 0) is 18.9 Å². The number of hydrogen-bond donors (Lipinski definition) is 1. The second kappa shape index (κ2) is 3.71. The molecule has 0 bridgehead atoms. The molecule has 74 valence electrons. The van der Waals surface area contributed by atoms with Crippen LogP contribution in [-0.4, -0.2) is 27.7 Å². The number of aromatic nitrogens is 2. The lowest BCUT2D eigenvalue weighted by Gasteiger charge is -2.07. The molecule has 1 aromatic heterocycles. The van der Waals surface area contributed by atoms with E-state index in [1.54, 1.807) is 0 Å². The number of ether oxygens (including phenoxy) is 1. The highest BCUT2D eigenvalue weighted by molar-refractivity contribution is 5.85. The van der Waals surface area contributed by atoms with Crippen LogP contribution in [-0.2, 0) is 4.74 Å². The molecule has 1 saturated heterocycles. The molecule has 5 heteroatoms. The maximum absolute atomic E-state index is 10.6. The molecule has 1 fully saturated rings. The van der Waals surface area contributed by atoms with Crippen molar-refractivity contribution < 1.29 is 14.6 Å². The minimum Gasteiger partial charge on any atom is -0.477 e. The van der Waals surface area contributed by atoms with E-state index in [0.29, 0.717) is 5.69 Å². The molecular weight excluding hydrogens is 184 g/mol. The smallest absolute Gasteiger partial charge is 0.354 e. The quantitative estimate of drug-likeness (QED) is 0.761. The molecule has 0 saturated carbocycles. The van der Waals surface area contributed by atoms with E-state index in [2.05, 4.69) is 9.97 Å². The molecule has 5 nitrogen and oxygen atoms in total. The van der Waals surface area contributed by atoms with Crippen molar-refractivity contribution in [2.75, 3.05) is 6.61 Å². The third-order valence-corrected chi connectivity index (χ3v) is 2.17. The second-order valence-corrected chi connectivity index (χ2v) is 3.13. The summed E-state index contributed by atoms with van der Waals surface area (Å²) in [7, 11) is 0. The van der Waals surface area contributed by atoms with Crippen LogP contribution in [0.3, 0.4) is 0 Å². The molecule has 14 heavy (non-hydrogen) atoms. The summed E-state index contributed by atoms with van der Waals surface area (Å²) in [4.78, 5) is 18.3. The molecule has 1 aliphatic rings. The van der Waals surface area contributed by atoms with E-state index >= 15 is 0 Å². The molecular formula is C9H10N2O3. The van der Waals surface area contributed by atoms with Crippen LogP contribution >= 0.6 is 0 Å². The van der Waals surface area contributed by atoms with E-state index in [4.69, 9.17) is 9.84 Å². The van der Waals surface area contributed by atoms with Crippen LogP contribution in [0.4, 0.5) is 0 Å². The van der Waals surface area contributed by atoms with Gasteiger partial charge in [0.05, 0.1) is 11.8 Å². The van der Waals surface area contributed by atoms with Crippen LogP contribution < -0.4 is 0 Å². The fraction of sp³-hybridized carbons (Fsp3) is 0.444. The summed E-state index contributed by atoms with van der Waals surface area (Å²) in [5.74, 6) is -1.04. The molecule has 1 aromatic rings.